The molecule has 2 rings (SSSR count). The molecule has 0 saturated carbocycles. The van der Waals surface area contributed by atoms with Gasteiger partial charge in [0.15, 0.2) is 5.84 Å². The van der Waals surface area contributed by atoms with Crippen molar-refractivity contribution in [2.75, 3.05) is 38.0 Å². The molecular weight excluding hydrogens is 277 g/mol. The molecule has 1 saturated heterocycles. The average Bonchev–Trinajstić information content (AvgIpc) is 2.50. The van der Waals surface area contributed by atoms with E-state index in [2.05, 4.69) is 10.5 Å². The second kappa shape index (κ2) is 6.89. The van der Waals surface area contributed by atoms with Crippen LogP contribution in [0.25, 0.3) is 0 Å². The Hall–Kier alpha value is -2.35. The van der Waals surface area contributed by atoms with Crippen molar-refractivity contribution in [3.63, 3.8) is 0 Å². The van der Waals surface area contributed by atoms with E-state index in [4.69, 9.17) is 10.9 Å². The van der Waals surface area contributed by atoms with Crippen LogP contribution in [0.1, 0.15) is 0 Å². The minimum atomic E-state index is -0.462. The molecule has 0 aliphatic carbocycles. The molecule has 1 aromatic carbocycles. The molecule has 0 spiro atoms. The third-order valence-corrected chi connectivity index (χ3v) is 3.29. The molecule has 0 atom stereocenters. The van der Waals surface area contributed by atoms with Crippen molar-refractivity contribution >= 4 is 17.6 Å². The number of nitrogens with one attached hydrogen (secondary N) is 1. The summed E-state index contributed by atoms with van der Waals surface area (Å²) < 4.78 is 13.5. The lowest BCUT2D eigenvalue weighted by Gasteiger charge is -2.34. The second-order valence-electron chi connectivity index (χ2n) is 4.76. The zero-order chi connectivity index (χ0) is 15.2. The molecule has 1 aliphatic rings. The van der Waals surface area contributed by atoms with Crippen molar-refractivity contribution in [3.8, 4) is 0 Å². The molecule has 0 unspecified atom stereocenters. The molecule has 4 N–H and O–H groups in total. The first-order valence-electron chi connectivity index (χ1n) is 6.59. The van der Waals surface area contributed by atoms with Crippen molar-refractivity contribution in [1.82, 2.24) is 9.80 Å². The summed E-state index contributed by atoms with van der Waals surface area (Å²) in [5, 5.41) is 14.0. The summed E-state index contributed by atoms with van der Waals surface area (Å²) in [6, 6.07) is 5.71. The largest absolute Gasteiger partial charge is 0.409 e. The molecule has 1 aliphatic heterocycles. The monoisotopic (exact) mass is 295 g/mol. The number of hydrogen-bond donors (Lipinski definition) is 3. The lowest BCUT2D eigenvalue weighted by atomic mass is 10.3. The number of carbonyl (C=O) groups is 1. The number of para-hydroxylation sites is 1. The van der Waals surface area contributed by atoms with Crippen LogP contribution >= 0.6 is 0 Å². The number of carbonyl (C=O) groups excluding carboxylic acids is 1. The Morgan fingerprint density at radius 1 is 1.33 bits per heavy atom. The molecule has 114 valence electrons. The van der Waals surface area contributed by atoms with Crippen LogP contribution in [0.15, 0.2) is 29.4 Å². The number of amides is 2. The first-order valence-corrected chi connectivity index (χ1v) is 6.59. The molecule has 21 heavy (non-hydrogen) atoms. The standard InChI is InChI=1S/C13H18FN5O2/c14-10-3-1-2-4-11(10)16-13(20)19-7-5-18(6-8-19)9-12(15)17-21/h1-4,21H,5-9H2,(H2,15,17)(H,16,20). The predicted octanol–water partition coefficient (Wildman–Crippen LogP) is 0.722. The molecule has 2 amide bonds. The predicted molar refractivity (Wildman–Crippen MR) is 76.8 cm³/mol. The maximum absolute atomic E-state index is 13.5. The Morgan fingerprint density at radius 3 is 2.62 bits per heavy atom. The summed E-state index contributed by atoms with van der Waals surface area (Å²) in [6.45, 7) is 2.58. The zero-order valence-electron chi connectivity index (χ0n) is 11.5. The van der Waals surface area contributed by atoms with Gasteiger partial charge < -0.3 is 21.2 Å². The summed E-state index contributed by atoms with van der Waals surface area (Å²) in [5.41, 5.74) is 5.61. The van der Waals surface area contributed by atoms with Gasteiger partial charge in [-0.3, -0.25) is 4.90 Å². The number of halogens is 1. The van der Waals surface area contributed by atoms with Crippen molar-refractivity contribution < 1.29 is 14.4 Å². The molecule has 1 fully saturated rings. The van der Waals surface area contributed by atoms with Crippen LogP contribution in [0.5, 0.6) is 0 Å². The highest BCUT2D eigenvalue weighted by molar-refractivity contribution is 5.89. The van der Waals surface area contributed by atoms with Gasteiger partial charge in [-0.2, -0.15) is 0 Å². The Labute approximate surface area is 121 Å². The molecule has 0 aromatic heterocycles. The van der Waals surface area contributed by atoms with E-state index in [9.17, 15) is 9.18 Å². The van der Waals surface area contributed by atoms with Crippen LogP contribution in [0, 0.1) is 5.82 Å². The van der Waals surface area contributed by atoms with E-state index in [-0.39, 0.29) is 17.6 Å². The highest BCUT2D eigenvalue weighted by atomic mass is 19.1. The van der Waals surface area contributed by atoms with E-state index in [1.807, 2.05) is 4.90 Å². The van der Waals surface area contributed by atoms with Crippen LogP contribution in [0.4, 0.5) is 14.9 Å². The minimum absolute atomic E-state index is 0.138. The van der Waals surface area contributed by atoms with Crippen molar-refractivity contribution in [3.05, 3.63) is 30.1 Å². The van der Waals surface area contributed by atoms with Crippen molar-refractivity contribution in [1.29, 1.82) is 0 Å². The van der Waals surface area contributed by atoms with Gasteiger partial charge in [0.25, 0.3) is 0 Å². The number of oxime groups is 1. The average molecular weight is 295 g/mol. The highest BCUT2D eigenvalue weighted by Gasteiger charge is 2.22. The van der Waals surface area contributed by atoms with Gasteiger partial charge in [0.05, 0.1) is 12.2 Å². The molecule has 0 bridgehead atoms. The molecule has 1 aromatic rings. The van der Waals surface area contributed by atoms with E-state index >= 15 is 0 Å². The van der Waals surface area contributed by atoms with Gasteiger partial charge in [-0.25, -0.2) is 9.18 Å². The molecular formula is C13H18FN5O2. The first kappa shape index (κ1) is 15.0. The highest BCUT2D eigenvalue weighted by Crippen LogP contribution is 2.13. The van der Waals surface area contributed by atoms with E-state index in [1.165, 1.54) is 12.1 Å². The third-order valence-electron chi connectivity index (χ3n) is 3.29. The van der Waals surface area contributed by atoms with Crippen LogP contribution in [0.2, 0.25) is 0 Å². The lowest BCUT2D eigenvalue weighted by Crippen LogP contribution is -2.51. The lowest BCUT2D eigenvalue weighted by molar-refractivity contribution is 0.157. The summed E-state index contributed by atoms with van der Waals surface area (Å²) in [7, 11) is 0. The number of nitrogens with two attached hydrogens (primary N) is 1. The SMILES string of the molecule is NC(CN1CCN(C(=O)Nc2ccccc2F)CC1)=NO. The normalized spacial score (nSPS) is 16.8. The van der Waals surface area contributed by atoms with Crippen LogP contribution in [0.3, 0.4) is 0 Å². The quantitative estimate of drug-likeness (QED) is 0.331. The molecule has 8 heteroatoms. The Bertz CT molecular complexity index is 529. The summed E-state index contributed by atoms with van der Waals surface area (Å²) in [6.07, 6.45) is 0. The Balaban J connectivity index is 1.85. The molecule has 0 radical (unpaired) electrons. The second-order valence-corrected chi connectivity index (χ2v) is 4.76. The smallest absolute Gasteiger partial charge is 0.322 e. The van der Waals surface area contributed by atoms with E-state index in [0.29, 0.717) is 32.7 Å². The number of rotatable bonds is 3. The number of amidine groups is 1. The number of piperazine rings is 1. The van der Waals surface area contributed by atoms with Crippen LogP contribution in [-0.4, -0.2) is 59.6 Å². The number of hydrogen-bond acceptors (Lipinski definition) is 4. The Morgan fingerprint density at radius 2 is 2.00 bits per heavy atom. The Kier molecular flexibility index (Phi) is 4.94. The van der Waals surface area contributed by atoms with Gasteiger partial charge in [0.2, 0.25) is 0 Å². The molecule has 1 heterocycles. The number of anilines is 1. The maximum atomic E-state index is 13.5. The summed E-state index contributed by atoms with van der Waals surface area (Å²) in [5.74, 6) is -0.323. The fraction of sp³-hybridized carbons (Fsp3) is 0.385. The van der Waals surface area contributed by atoms with E-state index in [0.717, 1.165) is 0 Å². The minimum Gasteiger partial charge on any atom is -0.409 e. The number of urea groups is 1. The third kappa shape index (κ3) is 4.06. The summed E-state index contributed by atoms with van der Waals surface area (Å²) in [4.78, 5) is 15.6. The van der Waals surface area contributed by atoms with Crippen LogP contribution in [-0.2, 0) is 0 Å². The van der Waals surface area contributed by atoms with Gasteiger partial charge in [0, 0.05) is 26.2 Å². The van der Waals surface area contributed by atoms with Crippen molar-refractivity contribution in [2.24, 2.45) is 10.9 Å². The number of benzene rings is 1. The maximum Gasteiger partial charge on any atom is 0.322 e. The van der Waals surface area contributed by atoms with Gasteiger partial charge in [-0.15, -0.1) is 0 Å². The fourth-order valence-corrected chi connectivity index (χ4v) is 2.13. The van der Waals surface area contributed by atoms with Gasteiger partial charge >= 0.3 is 6.03 Å². The zero-order valence-corrected chi connectivity index (χ0v) is 11.5. The van der Waals surface area contributed by atoms with E-state index in [1.54, 1.807) is 17.0 Å². The first-order chi connectivity index (χ1) is 10.1. The fourth-order valence-electron chi connectivity index (χ4n) is 2.13. The van der Waals surface area contributed by atoms with Gasteiger partial charge in [-0.05, 0) is 12.1 Å². The van der Waals surface area contributed by atoms with Gasteiger partial charge in [0.1, 0.15) is 5.82 Å². The molecule has 7 nitrogen and oxygen atoms in total. The van der Waals surface area contributed by atoms with Crippen LogP contribution < -0.4 is 11.1 Å². The van der Waals surface area contributed by atoms with Crippen molar-refractivity contribution in [2.45, 2.75) is 0 Å². The van der Waals surface area contributed by atoms with Gasteiger partial charge in [-0.1, -0.05) is 17.3 Å². The van der Waals surface area contributed by atoms with E-state index < -0.39 is 5.82 Å². The number of nitrogens with zero attached hydrogens (tertiary/aromatic N) is 3. The summed E-state index contributed by atoms with van der Waals surface area (Å²) >= 11 is 0. The topological polar surface area (TPSA) is 94.2 Å².